The van der Waals surface area contributed by atoms with Gasteiger partial charge in [-0.05, 0) is 36.6 Å². The maximum atomic E-state index is 12.8. The maximum Gasteiger partial charge on any atom is 0.280 e. The molecule has 4 aromatic rings. The lowest BCUT2D eigenvalue weighted by atomic mass is 10.1. The predicted octanol–water partition coefficient (Wildman–Crippen LogP) is 3.84. The number of amides is 1. The Balaban J connectivity index is 1.54. The summed E-state index contributed by atoms with van der Waals surface area (Å²) in [6, 6.07) is 16.2. The number of hydrogen-bond acceptors (Lipinski definition) is 4. The Labute approximate surface area is 161 Å². The third-order valence-corrected chi connectivity index (χ3v) is 5.41. The summed E-state index contributed by atoms with van der Waals surface area (Å²) >= 11 is 1.43. The molecular weight excluding hydrogens is 356 g/mol. The zero-order valence-corrected chi connectivity index (χ0v) is 15.8. The highest BCUT2D eigenvalue weighted by atomic mass is 32.1. The van der Waals surface area contributed by atoms with Gasteiger partial charge in [-0.15, -0.1) is 11.3 Å². The van der Waals surface area contributed by atoms with E-state index >= 15 is 0 Å². The van der Waals surface area contributed by atoms with Crippen molar-refractivity contribution >= 4 is 27.5 Å². The van der Waals surface area contributed by atoms with Crippen LogP contribution in [0.5, 0.6) is 0 Å². The molecule has 0 aliphatic carbocycles. The molecule has 0 aliphatic rings. The van der Waals surface area contributed by atoms with Crippen LogP contribution >= 0.6 is 11.3 Å². The first-order chi connectivity index (χ1) is 13.2. The minimum absolute atomic E-state index is 0.0529. The number of carbonyl (C=O) groups is 1. The van der Waals surface area contributed by atoms with Crippen LogP contribution in [-0.4, -0.2) is 26.5 Å². The summed E-state index contributed by atoms with van der Waals surface area (Å²) in [5.74, 6) is -0.130. The van der Waals surface area contributed by atoms with Crippen LogP contribution in [0.1, 0.15) is 20.9 Å². The third-order valence-electron chi connectivity index (χ3n) is 4.39. The Kier molecular flexibility index (Phi) is 4.98. The van der Waals surface area contributed by atoms with E-state index < -0.39 is 0 Å². The summed E-state index contributed by atoms with van der Waals surface area (Å²) in [7, 11) is 0. The molecule has 5 nitrogen and oxygen atoms in total. The zero-order valence-electron chi connectivity index (χ0n) is 15.0. The quantitative estimate of drug-likeness (QED) is 0.556. The fraction of sp³-hybridized carbons (Fsp3) is 0.190. The molecule has 0 fully saturated rings. The van der Waals surface area contributed by atoms with Crippen molar-refractivity contribution in [3.8, 4) is 0 Å². The first-order valence-electron chi connectivity index (χ1n) is 8.85. The number of aryl methyl sites for hydroxylation is 1. The van der Waals surface area contributed by atoms with Gasteiger partial charge in [0.2, 0.25) is 0 Å². The number of hydrogen-bond donors (Lipinski definition) is 1. The van der Waals surface area contributed by atoms with E-state index in [-0.39, 0.29) is 11.9 Å². The van der Waals surface area contributed by atoms with Gasteiger partial charge in [0.1, 0.15) is 0 Å². The van der Waals surface area contributed by atoms with Gasteiger partial charge in [0.05, 0.1) is 22.6 Å². The molecule has 0 saturated carbocycles. The largest absolute Gasteiger partial charge is 0.345 e. The molecule has 1 N–H and O–H groups in total. The molecule has 27 heavy (non-hydrogen) atoms. The number of fused-ring (bicyclic) bond motifs is 1. The Morgan fingerprint density at radius 2 is 2.07 bits per heavy atom. The van der Waals surface area contributed by atoms with Crippen LogP contribution in [0, 0.1) is 6.92 Å². The van der Waals surface area contributed by atoms with Crippen molar-refractivity contribution in [2.45, 2.75) is 25.9 Å². The lowest BCUT2D eigenvalue weighted by Gasteiger charge is -2.19. The number of nitrogens with zero attached hydrogens (tertiary/aromatic N) is 3. The van der Waals surface area contributed by atoms with Crippen molar-refractivity contribution < 1.29 is 4.79 Å². The Morgan fingerprint density at radius 1 is 1.22 bits per heavy atom. The fourth-order valence-electron chi connectivity index (χ4n) is 3.09. The number of imidazole rings is 1. The van der Waals surface area contributed by atoms with Crippen molar-refractivity contribution in [2.75, 3.05) is 0 Å². The second-order valence-corrected chi connectivity index (χ2v) is 7.64. The molecule has 136 valence electrons. The molecule has 1 atom stereocenters. The highest BCUT2D eigenvalue weighted by Gasteiger charge is 2.18. The molecule has 1 amide bonds. The number of nitrogens with one attached hydrogen (secondary N) is 1. The summed E-state index contributed by atoms with van der Waals surface area (Å²) in [4.78, 5) is 21.4. The number of carbonyl (C=O) groups excluding carboxylic acids is 1. The second kappa shape index (κ2) is 7.72. The predicted molar refractivity (Wildman–Crippen MR) is 108 cm³/mol. The van der Waals surface area contributed by atoms with Crippen LogP contribution in [-0.2, 0) is 13.0 Å². The van der Waals surface area contributed by atoms with E-state index in [0.29, 0.717) is 11.6 Å². The van der Waals surface area contributed by atoms with Gasteiger partial charge in [0, 0.05) is 18.9 Å². The fourth-order valence-corrected chi connectivity index (χ4v) is 4.05. The monoisotopic (exact) mass is 376 g/mol. The number of rotatable bonds is 6. The van der Waals surface area contributed by atoms with E-state index in [4.69, 9.17) is 0 Å². The summed E-state index contributed by atoms with van der Waals surface area (Å²) in [5, 5.41) is 3.66. The highest BCUT2D eigenvalue weighted by Crippen LogP contribution is 2.23. The smallest absolute Gasteiger partial charge is 0.280 e. The van der Waals surface area contributed by atoms with E-state index in [2.05, 4.69) is 33.5 Å². The maximum absolute atomic E-state index is 12.8. The van der Waals surface area contributed by atoms with E-state index in [9.17, 15) is 4.79 Å². The van der Waals surface area contributed by atoms with Crippen LogP contribution in [0.3, 0.4) is 0 Å². The summed E-state index contributed by atoms with van der Waals surface area (Å²) in [5.41, 5.74) is 3.22. The van der Waals surface area contributed by atoms with Crippen LogP contribution < -0.4 is 5.32 Å². The number of aromatic nitrogens is 3. The van der Waals surface area contributed by atoms with E-state index in [1.54, 1.807) is 12.5 Å². The number of benzene rings is 2. The van der Waals surface area contributed by atoms with Crippen molar-refractivity contribution in [3.63, 3.8) is 0 Å². The van der Waals surface area contributed by atoms with Crippen LogP contribution in [0.25, 0.3) is 10.2 Å². The molecule has 0 aliphatic heterocycles. The van der Waals surface area contributed by atoms with Crippen LogP contribution in [0.2, 0.25) is 0 Å². The van der Waals surface area contributed by atoms with Gasteiger partial charge in [-0.1, -0.05) is 36.4 Å². The van der Waals surface area contributed by atoms with E-state index in [1.807, 2.05) is 48.0 Å². The van der Waals surface area contributed by atoms with Gasteiger partial charge in [0.15, 0.2) is 5.01 Å². The van der Waals surface area contributed by atoms with Gasteiger partial charge in [-0.25, -0.2) is 9.97 Å². The molecule has 2 aromatic heterocycles. The molecule has 1 unspecified atom stereocenters. The SMILES string of the molecule is Cc1ccc2nc(C(=O)NC(Cc3ccccc3)Cn3ccnc3)sc2c1. The standard InChI is InChI=1S/C21H20N4OS/c1-15-7-8-18-19(11-15)27-21(24-18)20(26)23-17(13-25-10-9-22-14-25)12-16-5-3-2-4-6-16/h2-11,14,17H,12-13H2,1H3,(H,23,26). The molecule has 0 bridgehead atoms. The molecule has 0 radical (unpaired) electrons. The first kappa shape index (κ1) is 17.4. The molecule has 2 aromatic carbocycles. The third kappa shape index (κ3) is 4.23. The molecular formula is C21H20N4OS. The lowest BCUT2D eigenvalue weighted by Crippen LogP contribution is -2.39. The topological polar surface area (TPSA) is 59.8 Å². The molecule has 2 heterocycles. The van der Waals surface area contributed by atoms with Gasteiger partial charge in [-0.2, -0.15) is 0 Å². The lowest BCUT2D eigenvalue weighted by molar-refractivity contribution is 0.0932. The van der Waals surface area contributed by atoms with Gasteiger partial charge >= 0.3 is 0 Å². The van der Waals surface area contributed by atoms with Crippen molar-refractivity contribution in [3.05, 3.63) is 83.4 Å². The van der Waals surface area contributed by atoms with Crippen LogP contribution in [0.4, 0.5) is 0 Å². The van der Waals surface area contributed by atoms with Gasteiger partial charge in [-0.3, -0.25) is 4.79 Å². The van der Waals surface area contributed by atoms with E-state index in [1.165, 1.54) is 22.5 Å². The summed E-state index contributed by atoms with van der Waals surface area (Å²) in [6.07, 6.45) is 6.17. The Bertz CT molecular complexity index is 1040. The first-order valence-corrected chi connectivity index (χ1v) is 9.67. The van der Waals surface area contributed by atoms with Crippen molar-refractivity contribution in [1.29, 1.82) is 0 Å². The van der Waals surface area contributed by atoms with Crippen molar-refractivity contribution in [1.82, 2.24) is 19.9 Å². The normalized spacial score (nSPS) is 12.2. The average molecular weight is 376 g/mol. The van der Waals surface area contributed by atoms with Gasteiger partial charge in [0.25, 0.3) is 5.91 Å². The average Bonchev–Trinajstić information content (AvgIpc) is 3.31. The highest BCUT2D eigenvalue weighted by molar-refractivity contribution is 7.20. The Hall–Kier alpha value is -2.99. The second-order valence-electron chi connectivity index (χ2n) is 6.61. The minimum Gasteiger partial charge on any atom is -0.345 e. The summed E-state index contributed by atoms with van der Waals surface area (Å²) in [6.45, 7) is 2.70. The minimum atomic E-state index is -0.130. The van der Waals surface area contributed by atoms with Gasteiger partial charge < -0.3 is 9.88 Å². The summed E-state index contributed by atoms with van der Waals surface area (Å²) < 4.78 is 3.02. The molecule has 4 rings (SSSR count). The molecule has 6 heteroatoms. The molecule has 0 spiro atoms. The van der Waals surface area contributed by atoms with Crippen molar-refractivity contribution in [2.24, 2.45) is 0 Å². The molecule has 0 saturated heterocycles. The van der Waals surface area contributed by atoms with Crippen LogP contribution in [0.15, 0.2) is 67.3 Å². The Morgan fingerprint density at radius 3 is 2.85 bits per heavy atom. The van der Waals surface area contributed by atoms with E-state index in [0.717, 1.165) is 16.6 Å². The zero-order chi connectivity index (χ0) is 18.6. The number of thiazole rings is 1.